The summed E-state index contributed by atoms with van der Waals surface area (Å²) >= 11 is 1.67. The van der Waals surface area contributed by atoms with Crippen LogP contribution in [0.1, 0.15) is 31.9 Å². The van der Waals surface area contributed by atoms with Crippen LogP contribution in [0.15, 0.2) is 90.1 Å². The van der Waals surface area contributed by atoms with Crippen molar-refractivity contribution >= 4 is 17.8 Å². The molecule has 4 rings (SSSR count). The molecule has 0 aliphatic rings. The standard InChI is InChI=1S/C28H29N3OS/c1-28(2,3)23-14-12-22(13-15-23)26-29-30-27(31(26)24-16-18-25(32-4)19-17-24)33-20-8-11-21-9-6-5-7-10-21/h5-19H,20H2,1-4H3/b11-8+. The summed E-state index contributed by atoms with van der Waals surface area (Å²) in [6, 6.07) is 26.9. The van der Waals surface area contributed by atoms with E-state index in [-0.39, 0.29) is 5.41 Å². The second kappa shape index (κ2) is 10.1. The number of thioether (sulfide) groups is 1. The molecule has 0 fully saturated rings. The van der Waals surface area contributed by atoms with Gasteiger partial charge in [0, 0.05) is 17.0 Å². The minimum Gasteiger partial charge on any atom is -0.497 e. The highest BCUT2D eigenvalue weighted by atomic mass is 32.2. The predicted molar refractivity (Wildman–Crippen MR) is 138 cm³/mol. The fourth-order valence-corrected chi connectivity index (χ4v) is 4.27. The monoisotopic (exact) mass is 455 g/mol. The Morgan fingerprint density at radius 2 is 1.58 bits per heavy atom. The molecule has 0 saturated heterocycles. The summed E-state index contributed by atoms with van der Waals surface area (Å²) in [5.41, 5.74) is 4.63. The second-order valence-corrected chi connectivity index (χ2v) is 9.78. The van der Waals surface area contributed by atoms with E-state index in [9.17, 15) is 0 Å². The largest absolute Gasteiger partial charge is 0.497 e. The van der Waals surface area contributed by atoms with Gasteiger partial charge in [-0.2, -0.15) is 0 Å². The summed E-state index contributed by atoms with van der Waals surface area (Å²) in [4.78, 5) is 0. The average Bonchev–Trinajstić information content (AvgIpc) is 3.26. The molecule has 1 aromatic heterocycles. The molecule has 0 aliphatic heterocycles. The van der Waals surface area contributed by atoms with Gasteiger partial charge in [0.05, 0.1) is 7.11 Å². The number of ether oxygens (including phenoxy) is 1. The minimum absolute atomic E-state index is 0.105. The molecule has 4 nitrogen and oxygen atoms in total. The molecule has 0 atom stereocenters. The van der Waals surface area contributed by atoms with E-state index >= 15 is 0 Å². The van der Waals surface area contributed by atoms with Crippen molar-refractivity contribution in [3.63, 3.8) is 0 Å². The highest BCUT2D eigenvalue weighted by Gasteiger charge is 2.18. The number of hydrogen-bond donors (Lipinski definition) is 0. The first-order chi connectivity index (χ1) is 16.0. The summed E-state index contributed by atoms with van der Waals surface area (Å²) in [6.45, 7) is 6.67. The lowest BCUT2D eigenvalue weighted by molar-refractivity contribution is 0.414. The molecule has 168 valence electrons. The Bertz CT molecular complexity index is 1200. The second-order valence-electron chi connectivity index (χ2n) is 8.79. The zero-order valence-corrected chi connectivity index (χ0v) is 20.3. The zero-order valence-electron chi connectivity index (χ0n) is 19.5. The zero-order chi connectivity index (χ0) is 23.3. The van der Waals surface area contributed by atoms with Gasteiger partial charge in [0.25, 0.3) is 0 Å². The van der Waals surface area contributed by atoms with Crippen LogP contribution in [0.25, 0.3) is 23.2 Å². The third-order valence-corrected chi connectivity index (χ3v) is 6.27. The smallest absolute Gasteiger partial charge is 0.196 e. The summed E-state index contributed by atoms with van der Waals surface area (Å²) in [6.07, 6.45) is 4.29. The summed E-state index contributed by atoms with van der Waals surface area (Å²) in [5.74, 6) is 2.45. The molecule has 0 saturated carbocycles. The third kappa shape index (κ3) is 5.55. The van der Waals surface area contributed by atoms with E-state index in [4.69, 9.17) is 4.74 Å². The first-order valence-electron chi connectivity index (χ1n) is 11.0. The molecule has 0 N–H and O–H groups in total. The van der Waals surface area contributed by atoms with Gasteiger partial charge in [-0.05, 0) is 40.8 Å². The van der Waals surface area contributed by atoms with Gasteiger partial charge in [0.15, 0.2) is 11.0 Å². The van der Waals surface area contributed by atoms with E-state index in [1.165, 1.54) is 11.1 Å². The van der Waals surface area contributed by atoms with Crippen molar-refractivity contribution in [2.75, 3.05) is 12.9 Å². The van der Waals surface area contributed by atoms with Crippen molar-refractivity contribution < 1.29 is 4.74 Å². The summed E-state index contributed by atoms with van der Waals surface area (Å²) in [5, 5.41) is 9.96. The van der Waals surface area contributed by atoms with Crippen LogP contribution in [0.3, 0.4) is 0 Å². The van der Waals surface area contributed by atoms with Crippen molar-refractivity contribution in [3.8, 4) is 22.8 Å². The number of aromatic nitrogens is 3. The van der Waals surface area contributed by atoms with Crippen LogP contribution >= 0.6 is 11.8 Å². The quantitative estimate of drug-likeness (QED) is 0.280. The topological polar surface area (TPSA) is 39.9 Å². The van der Waals surface area contributed by atoms with Crippen molar-refractivity contribution in [1.29, 1.82) is 0 Å². The molecule has 0 unspecified atom stereocenters. The number of rotatable bonds is 7. The van der Waals surface area contributed by atoms with Gasteiger partial charge < -0.3 is 4.74 Å². The van der Waals surface area contributed by atoms with Crippen LogP contribution in [0.5, 0.6) is 5.75 Å². The molecule has 0 amide bonds. The van der Waals surface area contributed by atoms with E-state index in [1.807, 2.05) is 42.5 Å². The van der Waals surface area contributed by atoms with E-state index in [0.29, 0.717) is 0 Å². The van der Waals surface area contributed by atoms with E-state index in [1.54, 1.807) is 18.9 Å². The molecule has 0 aliphatic carbocycles. The molecular formula is C28H29N3OS. The predicted octanol–water partition coefficient (Wildman–Crippen LogP) is 7.05. The first kappa shape index (κ1) is 22.9. The lowest BCUT2D eigenvalue weighted by Crippen LogP contribution is -2.10. The summed E-state index contributed by atoms with van der Waals surface area (Å²) in [7, 11) is 1.68. The highest BCUT2D eigenvalue weighted by Crippen LogP contribution is 2.31. The fourth-order valence-electron chi connectivity index (χ4n) is 3.50. The number of hydrogen-bond acceptors (Lipinski definition) is 4. The van der Waals surface area contributed by atoms with Crippen LogP contribution in [0.4, 0.5) is 0 Å². The Balaban J connectivity index is 1.65. The van der Waals surface area contributed by atoms with Crippen LogP contribution in [-0.2, 0) is 5.41 Å². The Kier molecular flexibility index (Phi) is 6.99. The highest BCUT2D eigenvalue weighted by molar-refractivity contribution is 7.99. The SMILES string of the molecule is COc1ccc(-n2c(SC/C=C/c3ccccc3)nnc2-c2ccc(C(C)(C)C)cc2)cc1. The van der Waals surface area contributed by atoms with Crippen LogP contribution < -0.4 is 4.74 Å². The lowest BCUT2D eigenvalue weighted by Gasteiger charge is -2.19. The van der Waals surface area contributed by atoms with Crippen molar-refractivity contribution in [2.24, 2.45) is 0 Å². The number of methoxy groups -OCH3 is 1. The van der Waals surface area contributed by atoms with Gasteiger partial charge in [0.1, 0.15) is 5.75 Å². The number of nitrogens with zero attached hydrogens (tertiary/aromatic N) is 3. The maximum absolute atomic E-state index is 5.34. The first-order valence-corrected chi connectivity index (χ1v) is 12.0. The summed E-state index contributed by atoms with van der Waals surface area (Å²) < 4.78 is 7.46. The van der Waals surface area contributed by atoms with Crippen molar-refractivity contribution in [3.05, 3.63) is 96.1 Å². The molecule has 0 radical (unpaired) electrons. The maximum atomic E-state index is 5.34. The third-order valence-electron chi connectivity index (χ3n) is 5.39. The molecule has 0 spiro atoms. The van der Waals surface area contributed by atoms with E-state index in [2.05, 4.69) is 84.1 Å². The van der Waals surface area contributed by atoms with Gasteiger partial charge in [-0.25, -0.2) is 0 Å². The van der Waals surface area contributed by atoms with Crippen LogP contribution in [-0.4, -0.2) is 27.6 Å². The molecule has 3 aromatic carbocycles. The molecule has 1 heterocycles. The maximum Gasteiger partial charge on any atom is 0.196 e. The fraction of sp³-hybridized carbons (Fsp3) is 0.214. The van der Waals surface area contributed by atoms with Gasteiger partial charge in [-0.15, -0.1) is 10.2 Å². The average molecular weight is 456 g/mol. The van der Waals surface area contributed by atoms with Gasteiger partial charge in [0.2, 0.25) is 0 Å². The Labute approximate surface area is 200 Å². The Hall–Kier alpha value is -3.31. The Morgan fingerprint density at radius 1 is 0.879 bits per heavy atom. The van der Waals surface area contributed by atoms with Gasteiger partial charge >= 0.3 is 0 Å². The molecule has 5 heteroatoms. The molecule has 4 aromatic rings. The molecule has 0 bridgehead atoms. The van der Waals surface area contributed by atoms with Crippen LogP contribution in [0, 0.1) is 0 Å². The van der Waals surface area contributed by atoms with E-state index in [0.717, 1.165) is 33.7 Å². The van der Waals surface area contributed by atoms with Gasteiger partial charge in [-0.1, -0.05) is 99.3 Å². The van der Waals surface area contributed by atoms with Crippen LogP contribution in [0.2, 0.25) is 0 Å². The van der Waals surface area contributed by atoms with Gasteiger partial charge in [-0.3, -0.25) is 4.57 Å². The minimum atomic E-state index is 0.105. The number of benzene rings is 3. The Morgan fingerprint density at radius 3 is 2.21 bits per heavy atom. The van der Waals surface area contributed by atoms with Crippen molar-refractivity contribution in [1.82, 2.24) is 14.8 Å². The van der Waals surface area contributed by atoms with Crippen molar-refractivity contribution in [2.45, 2.75) is 31.3 Å². The lowest BCUT2D eigenvalue weighted by atomic mass is 9.87. The molecular weight excluding hydrogens is 426 g/mol. The van der Waals surface area contributed by atoms with E-state index < -0.39 is 0 Å². The molecule has 33 heavy (non-hydrogen) atoms. The normalized spacial score (nSPS) is 11.8.